The Bertz CT molecular complexity index is 448. The molecule has 0 spiro atoms. The Labute approximate surface area is 105 Å². The second kappa shape index (κ2) is 4.53. The van der Waals surface area contributed by atoms with E-state index in [1.165, 1.54) is 18.7 Å². The van der Waals surface area contributed by atoms with Crippen molar-refractivity contribution in [2.45, 2.75) is 18.9 Å². The van der Waals surface area contributed by atoms with E-state index < -0.39 is 4.92 Å². The minimum Gasteiger partial charge on any atom is -0.356 e. The van der Waals surface area contributed by atoms with E-state index in [-0.39, 0.29) is 5.69 Å². The Kier molecular flexibility index (Phi) is 2.87. The lowest BCUT2D eigenvalue weighted by atomic mass is 9.93. The smallest absolute Gasteiger partial charge is 0.287 e. The van der Waals surface area contributed by atoms with E-state index in [1.807, 2.05) is 0 Å². The molecule has 0 aromatic carbocycles. The van der Waals surface area contributed by atoms with Crippen LogP contribution in [0.5, 0.6) is 0 Å². The van der Waals surface area contributed by atoms with Crippen LogP contribution < -0.4 is 10.2 Å². The van der Waals surface area contributed by atoms with Crippen LogP contribution >= 0.6 is 0 Å². The van der Waals surface area contributed by atoms with E-state index in [4.69, 9.17) is 0 Å². The van der Waals surface area contributed by atoms with Gasteiger partial charge in [0.1, 0.15) is 12.0 Å². The van der Waals surface area contributed by atoms with Gasteiger partial charge in [-0.2, -0.15) is 0 Å². The summed E-state index contributed by atoms with van der Waals surface area (Å²) in [6.07, 6.45) is 3.69. The zero-order valence-electron chi connectivity index (χ0n) is 10.1. The summed E-state index contributed by atoms with van der Waals surface area (Å²) < 4.78 is 0. The monoisotopic (exact) mass is 248 g/mol. The molecular formula is C12H16N4O2. The maximum Gasteiger partial charge on any atom is 0.287 e. The highest BCUT2D eigenvalue weighted by Crippen LogP contribution is 2.27. The number of piperidine rings is 1. The molecule has 0 radical (unpaired) electrons. The first kappa shape index (κ1) is 11.4. The molecule has 2 fully saturated rings. The average molecular weight is 248 g/mol. The third kappa shape index (κ3) is 2.03. The Morgan fingerprint density at radius 3 is 3.06 bits per heavy atom. The minimum atomic E-state index is -0.413. The Morgan fingerprint density at radius 2 is 2.33 bits per heavy atom. The molecule has 18 heavy (non-hydrogen) atoms. The van der Waals surface area contributed by atoms with Crippen molar-refractivity contribution in [3.8, 4) is 0 Å². The van der Waals surface area contributed by atoms with Gasteiger partial charge in [0.2, 0.25) is 0 Å². The molecule has 0 saturated carbocycles. The quantitative estimate of drug-likeness (QED) is 0.628. The van der Waals surface area contributed by atoms with Crippen molar-refractivity contribution in [2.24, 2.45) is 5.92 Å². The fourth-order valence-corrected chi connectivity index (χ4v) is 2.93. The second-order valence-corrected chi connectivity index (χ2v) is 4.98. The standard InChI is InChI=1S/C12H16N4O2/c17-16(18)10-1-2-12(14-7-10)15-6-4-11-9(8-15)3-5-13-11/h1-2,7,9,11,13H,3-6,8H2. The molecule has 3 rings (SSSR count). The third-order valence-corrected chi connectivity index (χ3v) is 3.92. The van der Waals surface area contributed by atoms with Gasteiger partial charge in [-0.15, -0.1) is 0 Å². The van der Waals surface area contributed by atoms with E-state index in [0.29, 0.717) is 12.0 Å². The number of aromatic nitrogens is 1. The zero-order chi connectivity index (χ0) is 12.5. The normalized spacial score (nSPS) is 27.0. The van der Waals surface area contributed by atoms with E-state index in [2.05, 4.69) is 15.2 Å². The van der Waals surface area contributed by atoms with E-state index in [9.17, 15) is 10.1 Å². The maximum absolute atomic E-state index is 10.6. The number of fused-ring (bicyclic) bond motifs is 1. The van der Waals surface area contributed by atoms with E-state index in [1.54, 1.807) is 6.07 Å². The van der Waals surface area contributed by atoms with Gasteiger partial charge in [-0.3, -0.25) is 10.1 Å². The summed E-state index contributed by atoms with van der Waals surface area (Å²) in [5.41, 5.74) is 0.0520. The highest BCUT2D eigenvalue weighted by atomic mass is 16.6. The molecule has 0 amide bonds. The van der Waals surface area contributed by atoms with Crippen molar-refractivity contribution in [1.29, 1.82) is 0 Å². The van der Waals surface area contributed by atoms with Gasteiger partial charge in [0.15, 0.2) is 0 Å². The van der Waals surface area contributed by atoms with Crippen molar-refractivity contribution < 1.29 is 4.92 Å². The molecule has 0 bridgehead atoms. The van der Waals surface area contributed by atoms with E-state index in [0.717, 1.165) is 31.9 Å². The van der Waals surface area contributed by atoms with Gasteiger partial charge in [-0.25, -0.2) is 4.98 Å². The Balaban J connectivity index is 1.73. The van der Waals surface area contributed by atoms with Gasteiger partial charge in [0, 0.05) is 25.2 Å². The number of nitrogens with one attached hydrogen (secondary N) is 1. The van der Waals surface area contributed by atoms with Crippen LogP contribution in [-0.2, 0) is 0 Å². The lowest BCUT2D eigenvalue weighted by Gasteiger charge is -2.35. The highest BCUT2D eigenvalue weighted by molar-refractivity contribution is 5.43. The molecule has 1 N–H and O–H groups in total. The zero-order valence-corrected chi connectivity index (χ0v) is 10.1. The van der Waals surface area contributed by atoms with Crippen LogP contribution in [0.4, 0.5) is 11.5 Å². The summed E-state index contributed by atoms with van der Waals surface area (Å²) in [4.78, 5) is 16.6. The molecule has 96 valence electrons. The van der Waals surface area contributed by atoms with Gasteiger partial charge in [-0.1, -0.05) is 0 Å². The van der Waals surface area contributed by atoms with E-state index >= 15 is 0 Å². The molecule has 2 aliphatic heterocycles. The number of nitro groups is 1. The lowest BCUT2D eigenvalue weighted by Crippen LogP contribution is -2.44. The molecular weight excluding hydrogens is 232 g/mol. The van der Waals surface area contributed by atoms with Gasteiger partial charge in [-0.05, 0) is 31.4 Å². The number of hydrogen-bond donors (Lipinski definition) is 1. The first-order chi connectivity index (χ1) is 8.74. The molecule has 6 heteroatoms. The number of anilines is 1. The van der Waals surface area contributed by atoms with Gasteiger partial charge in [0.05, 0.1) is 4.92 Å². The van der Waals surface area contributed by atoms with Crippen LogP contribution in [0.15, 0.2) is 18.3 Å². The second-order valence-electron chi connectivity index (χ2n) is 4.98. The summed E-state index contributed by atoms with van der Waals surface area (Å²) in [5.74, 6) is 1.54. The fourth-order valence-electron chi connectivity index (χ4n) is 2.93. The average Bonchev–Trinajstić information content (AvgIpc) is 2.86. The Morgan fingerprint density at radius 1 is 1.44 bits per heavy atom. The number of nitrogens with zero attached hydrogens (tertiary/aromatic N) is 3. The number of rotatable bonds is 2. The molecule has 2 aliphatic rings. The third-order valence-electron chi connectivity index (χ3n) is 3.92. The van der Waals surface area contributed by atoms with Gasteiger partial charge >= 0.3 is 0 Å². The van der Waals surface area contributed by atoms with Crippen LogP contribution in [0.1, 0.15) is 12.8 Å². The largest absolute Gasteiger partial charge is 0.356 e. The van der Waals surface area contributed by atoms with Crippen LogP contribution in [0.2, 0.25) is 0 Å². The molecule has 2 saturated heterocycles. The van der Waals surface area contributed by atoms with Crippen molar-refractivity contribution >= 4 is 11.5 Å². The molecule has 2 unspecified atom stereocenters. The summed E-state index contributed by atoms with van der Waals surface area (Å²) in [5, 5.41) is 14.1. The fraction of sp³-hybridized carbons (Fsp3) is 0.583. The predicted octanol–water partition coefficient (Wildman–Crippen LogP) is 1.18. The van der Waals surface area contributed by atoms with Crippen molar-refractivity contribution in [2.75, 3.05) is 24.5 Å². The molecule has 0 aliphatic carbocycles. The van der Waals surface area contributed by atoms with Crippen molar-refractivity contribution in [3.63, 3.8) is 0 Å². The predicted molar refractivity (Wildman–Crippen MR) is 67.6 cm³/mol. The van der Waals surface area contributed by atoms with Crippen LogP contribution in [-0.4, -0.2) is 35.6 Å². The first-order valence-electron chi connectivity index (χ1n) is 6.33. The molecule has 1 aromatic heterocycles. The van der Waals surface area contributed by atoms with Crippen LogP contribution in [0.25, 0.3) is 0 Å². The number of hydrogen-bond acceptors (Lipinski definition) is 5. The first-order valence-corrected chi connectivity index (χ1v) is 6.33. The van der Waals surface area contributed by atoms with Gasteiger partial charge in [0.25, 0.3) is 5.69 Å². The lowest BCUT2D eigenvalue weighted by molar-refractivity contribution is -0.385. The topological polar surface area (TPSA) is 71.3 Å². The summed E-state index contributed by atoms with van der Waals surface area (Å²) in [6.45, 7) is 3.08. The molecule has 2 atom stereocenters. The van der Waals surface area contributed by atoms with Crippen LogP contribution in [0.3, 0.4) is 0 Å². The summed E-state index contributed by atoms with van der Waals surface area (Å²) in [6, 6.07) is 3.93. The summed E-state index contributed by atoms with van der Waals surface area (Å²) in [7, 11) is 0. The highest BCUT2D eigenvalue weighted by Gasteiger charge is 2.32. The summed E-state index contributed by atoms with van der Waals surface area (Å²) >= 11 is 0. The van der Waals surface area contributed by atoms with Crippen molar-refractivity contribution in [3.05, 3.63) is 28.4 Å². The van der Waals surface area contributed by atoms with Gasteiger partial charge < -0.3 is 10.2 Å². The molecule has 1 aromatic rings. The number of pyridine rings is 1. The minimum absolute atomic E-state index is 0.0520. The molecule has 6 nitrogen and oxygen atoms in total. The van der Waals surface area contributed by atoms with Crippen molar-refractivity contribution in [1.82, 2.24) is 10.3 Å². The Hall–Kier alpha value is -1.69. The van der Waals surface area contributed by atoms with Crippen LogP contribution in [0, 0.1) is 16.0 Å². The SMILES string of the molecule is O=[N+]([O-])c1ccc(N2CCC3NCCC3C2)nc1. The maximum atomic E-state index is 10.6. The molecule has 3 heterocycles.